The van der Waals surface area contributed by atoms with E-state index >= 15 is 0 Å². The summed E-state index contributed by atoms with van der Waals surface area (Å²) in [4.78, 5) is 7.33. The van der Waals surface area contributed by atoms with Gasteiger partial charge in [-0.15, -0.1) is 0 Å². The van der Waals surface area contributed by atoms with Crippen LogP contribution in [0.2, 0.25) is 0 Å². The molecule has 0 aromatic heterocycles. The third-order valence-corrected chi connectivity index (χ3v) is 5.65. The van der Waals surface area contributed by atoms with Crippen molar-refractivity contribution in [2.24, 2.45) is 4.99 Å². The van der Waals surface area contributed by atoms with E-state index in [2.05, 4.69) is 55.4 Å². The molecule has 1 atom stereocenters. The average molecular weight is 419 g/mol. The molecule has 0 radical (unpaired) electrons. The summed E-state index contributed by atoms with van der Waals surface area (Å²) in [5, 5.41) is 7.05. The Balaban J connectivity index is 1.74. The summed E-state index contributed by atoms with van der Waals surface area (Å²) in [6.45, 7) is 14.4. The van der Waals surface area contributed by atoms with E-state index in [0.717, 1.165) is 70.3 Å². The maximum Gasteiger partial charge on any atom is 0.191 e. The Bertz CT molecular complexity index is 610. The van der Waals surface area contributed by atoms with Crippen LogP contribution in [0.3, 0.4) is 0 Å². The number of methoxy groups -OCH3 is 1. The normalized spacial score (nSPS) is 17.2. The lowest BCUT2D eigenvalue weighted by Gasteiger charge is -2.33. The molecule has 1 fully saturated rings. The third kappa shape index (κ3) is 8.92. The quantitative estimate of drug-likeness (QED) is 0.424. The van der Waals surface area contributed by atoms with Crippen LogP contribution in [0.1, 0.15) is 58.4 Å². The van der Waals surface area contributed by atoms with Crippen molar-refractivity contribution in [2.45, 2.75) is 65.0 Å². The van der Waals surface area contributed by atoms with E-state index in [4.69, 9.17) is 14.5 Å². The van der Waals surface area contributed by atoms with Crippen molar-refractivity contribution in [3.05, 3.63) is 29.8 Å². The number of rotatable bonds is 11. The maximum atomic E-state index is 5.68. The minimum absolute atomic E-state index is 0.315. The zero-order valence-corrected chi connectivity index (χ0v) is 19.6. The fourth-order valence-electron chi connectivity index (χ4n) is 3.70. The topological polar surface area (TPSA) is 58.1 Å². The van der Waals surface area contributed by atoms with Crippen LogP contribution in [-0.4, -0.2) is 69.4 Å². The molecule has 1 heterocycles. The maximum absolute atomic E-state index is 5.68. The molecule has 1 aromatic rings. The SMILES string of the molecule is CCNC(=NCCC(C)c1ccc(OC)cc1)NC1CCN(CCOC(C)C)CC1. The van der Waals surface area contributed by atoms with Gasteiger partial charge in [0.15, 0.2) is 5.96 Å². The van der Waals surface area contributed by atoms with Gasteiger partial charge in [-0.3, -0.25) is 4.99 Å². The van der Waals surface area contributed by atoms with Crippen LogP contribution in [0.5, 0.6) is 5.75 Å². The summed E-state index contributed by atoms with van der Waals surface area (Å²) in [7, 11) is 1.70. The molecule has 0 amide bonds. The van der Waals surface area contributed by atoms with Gasteiger partial charge in [0.2, 0.25) is 0 Å². The average Bonchev–Trinajstić information content (AvgIpc) is 2.75. The van der Waals surface area contributed by atoms with E-state index in [0.29, 0.717) is 18.1 Å². The van der Waals surface area contributed by atoms with Crippen LogP contribution in [-0.2, 0) is 4.74 Å². The predicted molar refractivity (Wildman–Crippen MR) is 126 cm³/mol. The lowest BCUT2D eigenvalue weighted by Crippen LogP contribution is -2.49. The van der Waals surface area contributed by atoms with Crippen LogP contribution in [0.15, 0.2) is 29.3 Å². The molecule has 0 aliphatic carbocycles. The van der Waals surface area contributed by atoms with Gasteiger partial charge in [0.1, 0.15) is 5.75 Å². The number of likely N-dealkylation sites (tertiary alicyclic amines) is 1. The summed E-state index contributed by atoms with van der Waals surface area (Å²) in [5.74, 6) is 2.32. The Morgan fingerprint density at radius 1 is 1.17 bits per heavy atom. The number of aliphatic imine (C=N–C) groups is 1. The first-order valence-corrected chi connectivity index (χ1v) is 11.5. The molecule has 1 aliphatic heterocycles. The summed E-state index contributed by atoms with van der Waals surface area (Å²) < 4.78 is 10.9. The van der Waals surface area contributed by atoms with Gasteiger partial charge < -0.3 is 25.0 Å². The number of hydrogen-bond acceptors (Lipinski definition) is 4. The summed E-state index contributed by atoms with van der Waals surface area (Å²) in [6, 6.07) is 8.85. The van der Waals surface area contributed by atoms with Gasteiger partial charge in [0, 0.05) is 38.8 Å². The van der Waals surface area contributed by atoms with E-state index in [9.17, 15) is 0 Å². The second kappa shape index (κ2) is 13.5. The number of guanidine groups is 1. The molecular weight excluding hydrogens is 376 g/mol. The highest BCUT2D eigenvalue weighted by atomic mass is 16.5. The Morgan fingerprint density at radius 2 is 1.87 bits per heavy atom. The summed E-state index contributed by atoms with van der Waals surface area (Å²) in [5.41, 5.74) is 1.33. The molecule has 0 saturated carbocycles. The van der Waals surface area contributed by atoms with Crippen molar-refractivity contribution in [3.8, 4) is 5.75 Å². The molecule has 170 valence electrons. The molecular formula is C24H42N4O2. The number of ether oxygens (including phenoxy) is 2. The predicted octanol–water partition coefficient (Wildman–Crippen LogP) is 3.63. The van der Waals surface area contributed by atoms with Crippen molar-refractivity contribution in [2.75, 3.05) is 46.4 Å². The largest absolute Gasteiger partial charge is 0.497 e. The number of piperidine rings is 1. The highest BCUT2D eigenvalue weighted by Crippen LogP contribution is 2.21. The van der Waals surface area contributed by atoms with Gasteiger partial charge in [-0.25, -0.2) is 0 Å². The standard InChI is InChI=1S/C24H42N4O2/c1-6-25-24(26-14-11-20(4)21-7-9-23(29-5)10-8-21)27-22-12-15-28(16-13-22)17-18-30-19(2)3/h7-10,19-20,22H,6,11-18H2,1-5H3,(H2,25,26,27). The van der Waals surface area contributed by atoms with Gasteiger partial charge in [-0.05, 0) is 63.6 Å². The van der Waals surface area contributed by atoms with E-state index in [1.165, 1.54) is 5.56 Å². The number of nitrogens with one attached hydrogen (secondary N) is 2. The second-order valence-electron chi connectivity index (χ2n) is 8.40. The molecule has 1 aromatic carbocycles. The van der Waals surface area contributed by atoms with Crippen molar-refractivity contribution < 1.29 is 9.47 Å². The minimum Gasteiger partial charge on any atom is -0.497 e. The molecule has 6 nitrogen and oxygen atoms in total. The lowest BCUT2D eigenvalue weighted by atomic mass is 9.98. The number of benzene rings is 1. The Morgan fingerprint density at radius 3 is 2.47 bits per heavy atom. The molecule has 6 heteroatoms. The van der Waals surface area contributed by atoms with Gasteiger partial charge >= 0.3 is 0 Å². The molecule has 1 unspecified atom stereocenters. The zero-order chi connectivity index (χ0) is 21.8. The van der Waals surface area contributed by atoms with Crippen molar-refractivity contribution in [1.82, 2.24) is 15.5 Å². The van der Waals surface area contributed by atoms with Crippen LogP contribution in [0, 0.1) is 0 Å². The fourth-order valence-corrected chi connectivity index (χ4v) is 3.70. The van der Waals surface area contributed by atoms with Gasteiger partial charge in [-0.1, -0.05) is 19.1 Å². The van der Waals surface area contributed by atoms with Crippen LogP contribution >= 0.6 is 0 Å². The molecule has 2 N–H and O–H groups in total. The van der Waals surface area contributed by atoms with E-state index in [1.54, 1.807) is 7.11 Å². The lowest BCUT2D eigenvalue weighted by molar-refractivity contribution is 0.0532. The molecule has 0 bridgehead atoms. The molecule has 1 saturated heterocycles. The third-order valence-electron chi connectivity index (χ3n) is 5.65. The number of nitrogens with zero attached hydrogens (tertiary/aromatic N) is 2. The number of hydrogen-bond donors (Lipinski definition) is 2. The van der Waals surface area contributed by atoms with Crippen molar-refractivity contribution in [1.29, 1.82) is 0 Å². The Hall–Kier alpha value is -1.79. The van der Waals surface area contributed by atoms with Crippen molar-refractivity contribution >= 4 is 5.96 Å². The van der Waals surface area contributed by atoms with Crippen molar-refractivity contribution in [3.63, 3.8) is 0 Å². The second-order valence-corrected chi connectivity index (χ2v) is 8.40. The first-order valence-electron chi connectivity index (χ1n) is 11.5. The zero-order valence-electron chi connectivity index (χ0n) is 19.6. The monoisotopic (exact) mass is 418 g/mol. The summed E-state index contributed by atoms with van der Waals surface area (Å²) >= 11 is 0. The minimum atomic E-state index is 0.315. The highest BCUT2D eigenvalue weighted by molar-refractivity contribution is 5.80. The smallest absolute Gasteiger partial charge is 0.191 e. The fraction of sp³-hybridized carbons (Fsp3) is 0.708. The molecule has 2 rings (SSSR count). The van der Waals surface area contributed by atoms with E-state index in [-0.39, 0.29) is 0 Å². The Labute approximate surface area is 183 Å². The van der Waals surface area contributed by atoms with Gasteiger partial charge in [-0.2, -0.15) is 0 Å². The van der Waals surface area contributed by atoms with Gasteiger partial charge in [0.05, 0.1) is 19.8 Å². The highest BCUT2D eigenvalue weighted by Gasteiger charge is 2.19. The van der Waals surface area contributed by atoms with Gasteiger partial charge in [0.25, 0.3) is 0 Å². The summed E-state index contributed by atoms with van der Waals surface area (Å²) in [6.07, 6.45) is 3.63. The van der Waals surface area contributed by atoms with E-state index in [1.807, 2.05) is 12.1 Å². The first kappa shape index (κ1) is 24.5. The Kier molecular flexibility index (Phi) is 11.0. The molecule has 0 spiro atoms. The molecule has 1 aliphatic rings. The van der Waals surface area contributed by atoms with E-state index < -0.39 is 0 Å². The molecule has 30 heavy (non-hydrogen) atoms. The van der Waals surface area contributed by atoms with Crippen LogP contribution in [0.25, 0.3) is 0 Å². The first-order chi connectivity index (χ1) is 14.5. The van der Waals surface area contributed by atoms with Crippen LogP contribution in [0.4, 0.5) is 0 Å². The van der Waals surface area contributed by atoms with Crippen LogP contribution < -0.4 is 15.4 Å².